The number of hydrogen-bond acceptors (Lipinski definition) is 4. The van der Waals surface area contributed by atoms with E-state index in [9.17, 15) is 14.4 Å². The van der Waals surface area contributed by atoms with Crippen LogP contribution in [0.25, 0.3) is 0 Å². The lowest BCUT2D eigenvalue weighted by molar-refractivity contribution is -0.137. The number of carboxylic acids is 1. The first-order valence-corrected chi connectivity index (χ1v) is 10.6. The molecule has 1 aliphatic heterocycles. The van der Waals surface area contributed by atoms with Crippen molar-refractivity contribution in [1.29, 1.82) is 0 Å². The summed E-state index contributed by atoms with van der Waals surface area (Å²) in [5.74, 6) is 1.26. The molecule has 1 saturated heterocycles. The fourth-order valence-corrected chi connectivity index (χ4v) is 3.64. The molecular weight excluding hydrogens is 364 g/mol. The second-order valence-electron chi connectivity index (χ2n) is 6.76. The highest BCUT2D eigenvalue weighted by molar-refractivity contribution is 7.99. The Balaban J connectivity index is 0.000000239. The molecule has 1 N–H and O–H groups in total. The maximum Gasteiger partial charge on any atom is 0.303 e. The molecular formula is C20H28N2O4S. The number of aliphatic carboxylic acids is 1. The second kappa shape index (κ2) is 11.6. The van der Waals surface area contributed by atoms with E-state index in [-0.39, 0.29) is 12.3 Å². The Bertz CT molecular complexity index is 599. The van der Waals surface area contributed by atoms with E-state index in [1.54, 1.807) is 9.80 Å². The predicted molar refractivity (Wildman–Crippen MR) is 107 cm³/mol. The first-order chi connectivity index (χ1) is 13.1. The number of carbonyl (C=O) groups excluding carboxylic acids is 2. The average molecular weight is 393 g/mol. The topological polar surface area (TPSA) is 77.9 Å². The smallest absolute Gasteiger partial charge is 0.303 e. The van der Waals surface area contributed by atoms with Gasteiger partial charge in [-0.15, -0.1) is 0 Å². The lowest BCUT2D eigenvalue weighted by atomic mass is 10.1. The zero-order valence-electron chi connectivity index (χ0n) is 15.6. The lowest BCUT2D eigenvalue weighted by Gasteiger charge is -2.32. The van der Waals surface area contributed by atoms with E-state index < -0.39 is 5.97 Å². The minimum atomic E-state index is -0.799. The van der Waals surface area contributed by atoms with E-state index in [0.717, 1.165) is 12.3 Å². The van der Waals surface area contributed by atoms with Crippen LogP contribution in [0.2, 0.25) is 0 Å². The van der Waals surface area contributed by atoms with Crippen LogP contribution in [0.15, 0.2) is 30.3 Å². The van der Waals surface area contributed by atoms with E-state index >= 15 is 0 Å². The van der Waals surface area contributed by atoms with Crippen LogP contribution in [0.1, 0.15) is 37.2 Å². The minimum Gasteiger partial charge on any atom is -0.481 e. The number of benzene rings is 1. The molecule has 2 amide bonds. The van der Waals surface area contributed by atoms with Crippen molar-refractivity contribution in [3.63, 3.8) is 0 Å². The Labute approximate surface area is 164 Å². The van der Waals surface area contributed by atoms with E-state index in [0.29, 0.717) is 44.1 Å². The largest absolute Gasteiger partial charge is 0.481 e. The van der Waals surface area contributed by atoms with Crippen molar-refractivity contribution in [3.8, 4) is 0 Å². The summed E-state index contributed by atoms with van der Waals surface area (Å²) in [6.45, 7) is 2.37. The Morgan fingerprint density at radius 2 is 1.78 bits per heavy atom. The van der Waals surface area contributed by atoms with Gasteiger partial charge >= 0.3 is 5.97 Å². The summed E-state index contributed by atoms with van der Waals surface area (Å²) in [6.07, 6.45) is 4.36. The van der Waals surface area contributed by atoms with E-state index in [1.165, 1.54) is 30.2 Å². The van der Waals surface area contributed by atoms with Crippen molar-refractivity contribution < 1.29 is 19.5 Å². The highest BCUT2D eigenvalue weighted by atomic mass is 32.2. The Hall–Kier alpha value is -2.02. The molecule has 0 spiro atoms. The molecule has 3 rings (SSSR count). The van der Waals surface area contributed by atoms with Gasteiger partial charge in [0.05, 0.1) is 5.75 Å². The average Bonchev–Trinajstić information content (AvgIpc) is 3.54. The molecule has 1 aliphatic carbocycles. The van der Waals surface area contributed by atoms with Crippen molar-refractivity contribution in [3.05, 3.63) is 35.9 Å². The number of carbonyl (C=O) groups is 3. The molecule has 1 aromatic rings. The van der Waals surface area contributed by atoms with Gasteiger partial charge in [-0.25, -0.2) is 0 Å². The van der Waals surface area contributed by atoms with Crippen molar-refractivity contribution >= 4 is 30.0 Å². The molecule has 6 nitrogen and oxygen atoms in total. The molecule has 2 fully saturated rings. The molecule has 1 aromatic carbocycles. The predicted octanol–water partition coefficient (Wildman–Crippen LogP) is 2.45. The fraction of sp³-hybridized carbons (Fsp3) is 0.550. The van der Waals surface area contributed by atoms with Gasteiger partial charge in [-0.1, -0.05) is 30.3 Å². The van der Waals surface area contributed by atoms with Crippen molar-refractivity contribution in [2.24, 2.45) is 0 Å². The van der Waals surface area contributed by atoms with Gasteiger partial charge in [-0.05, 0) is 36.5 Å². The molecule has 1 heterocycles. The van der Waals surface area contributed by atoms with Crippen LogP contribution in [0, 0.1) is 0 Å². The Morgan fingerprint density at radius 3 is 2.33 bits per heavy atom. The molecule has 1 saturated carbocycles. The highest BCUT2D eigenvalue weighted by Gasteiger charge is 2.22. The van der Waals surface area contributed by atoms with Gasteiger partial charge in [-0.3, -0.25) is 14.4 Å². The number of thioether (sulfide) groups is 1. The molecule has 0 radical (unpaired) electrons. The maximum absolute atomic E-state index is 11.8. The third kappa shape index (κ3) is 8.47. The van der Waals surface area contributed by atoms with Crippen LogP contribution in [-0.4, -0.2) is 70.9 Å². The van der Waals surface area contributed by atoms with Crippen LogP contribution in [-0.2, 0) is 14.4 Å². The zero-order chi connectivity index (χ0) is 19.5. The zero-order valence-corrected chi connectivity index (χ0v) is 16.4. The van der Waals surface area contributed by atoms with Gasteiger partial charge in [0, 0.05) is 32.6 Å². The molecule has 0 unspecified atom stereocenters. The summed E-state index contributed by atoms with van der Waals surface area (Å²) < 4.78 is 0. The van der Waals surface area contributed by atoms with Crippen molar-refractivity contribution in [1.82, 2.24) is 9.80 Å². The SMILES string of the molecule is O=CN1CCN(C(=O)CSCCCC(=O)O)CC1.c1ccc(C2CC2)cc1. The summed E-state index contributed by atoms with van der Waals surface area (Å²) in [5, 5.41) is 8.46. The number of hydrogen-bond donors (Lipinski definition) is 1. The van der Waals surface area contributed by atoms with Crippen LogP contribution in [0.4, 0.5) is 0 Å². The lowest BCUT2D eigenvalue weighted by Crippen LogP contribution is -2.48. The molecule has 27 heavy (non-hydrogen) atoms. The van der Waals surface area contributed by atoms with E-state index in [2.05, 4.69) is 30.3 Å². The summed E-state index contributed by atoms with van der Waals surface area (Å²) in [7, 11) is 0. The number of carboxylic acid groups (broad SMARTS) is 1. The van der Waals surface area contributed by atoms with Gasteiger partial charge in [0.15, 0.2) is 0 Å². The summed E-state index contributed by atoms with van der Waals surface area (Å²) in [5.41, 5.74) is 1.53. The fourth-order valence-electron chi connectivity index (χ4n) is 2.79. The third-order valence-electron chi connectivity index (χ3n) is 4.57. The minimum absolute atomic E-state index is 0.0703. The highest BCUT2D eigenvalue weighted by Crippen LogP contribution is 2.39. The van der Waals surface area contributed by atoms with Gasteiger partial charge in [0.1, 0.15) is 0 Å². The molecule has 0 aromatic heterocycles. The number of nitrogens with zero attached hydrogens (tertiary/aromatic N) is 2. The summed E-state index contributed by atoms with van der Waals surface area (Å²) in [4.78, 5) is 36.0. The Morgan fingerprint density at radius 1 is 1.11 bits per heavy atom. The van der Waals surface area contributed by atoms with Crippen molar-refractivity contribution in [2.45, 2.75) is 31.6 Å². The first-order valence-electron chi connectivity index (χ1n) is 9.41. The molecule has 0 bridgehead atoms. The number of piperazine rings is 1. The van der Waals surface area contributed by atoms with Gasteiger partial charge in [-0.2, -0.15) is 11.8 Å². The van der Waals surface area contributed by atoms with E-state index in [1.807, 2.05) is 0 Å². The maximum atomic E-state index is 11.8. The van der Waals surface area contributed by atoms with Crippen LogP contribution >= 0.6 is 11.8 Å². The normalized spacial score (nSPS) is 16.3. The van der Waals surface area contributed by atoms with Crippen LogP contribution in [0.5, 0.6) is 0 Å². The van der Waals surface area contributed by atoms with Gasteiger partial charge < -0.3 is 14.9 Å². The van der Waals surface area contributed by atoms with Gasteiger partial charge in [0.25, 0.3) is 0 Å². The van der Waals surface area contributed by atoms with Crippen molar-refractivity contribution in [2.75, 3.05) is 37.7 Å². The third-order valence-corrected chi connectivity index (χ3v) is 5.60. The monoisotopic (exact) mass is 392 g/mol. The molecule has 148 valence electrons. The number of amides is 2. The molecule has 2 aliphatic rings. The number of rotatable bonds is 8. The van der Waals surface area contributed by atoms with Crippen LogP contribution < -0.4 is 0 Å². The molecule has 7 heteroatoms. The molecule has 0 atom stereocenters. The standard InChI is InChI=1S/C11H18N2O4S.C9H10/c14-9-12-3-5-13(6-4-12)10(15)8-18-7-1-2-11(16)17;1-2-4-8(5-3-1)9-6-7-9/h9H,1-8H2,(H,16,17);1-5,9H,6-7H2. The van der Waals surface area contributed by atoms with E-state index in [4.69, 9.17) is 5.11 Å². The van der Waals surface area contributed by atoms with Gasteiger partial charge in [0.2, 0.25) is 12.3 Å². The quantitative estimate of drug-likeness (QED) is 0.543. The second-order valence-corrected chi connectivity index (χ2v) is 7.86. The first kappa shape index (κ1) is 21.3. The summed E-state index contributed by atoms with van der Waals surface area (Å²) in [6, 6.07) is 10.8. The van der Waals surface area contributed by atoms with Crippen LogP contribution in [0.3, 0.4) is 0 Å². The summed E-state index contributed by atoms with van der Waals surface area (Å²) >= 11 is 1.47. The Kier molecular flexibility index (Phi) is 9.18.